The maximum atomic E-state index is 13.8. The fraction of sp³-hybridized carbons (Fsp3) is 0.231. The summed E-state index contributed by atoms with van der Waals surface area (Å²) < 4.78 is 31.7. The van der Waals surface area contributed by atoms with Crippen LogP contribution in [0.15, 0.2) is 71.2 Å². The second-order valence-corrected chi connectivity index (χ2v) is 8.41. The minimum atomic E-state index is -2.64. The molecule has 2 aliphatic carbocycles. The number of halogens is 2. The Kier molecular flexibility index (Phi) is 5.98. The summed E-state index contributed by atoms with van der Waals surface area (Å²) in [5.41, 5.74) is 3.83. The minimum absolute atomic E-state index is 0.00272. The van der Waals surface area contributed by atoms with E-state index in [-0.39, 0.29) is 11.4 Å². The highest BCUT2D eigenvalue weighted by Gasteiger charge is 2.24. The summed E-state index contributed by atoms with van der Waals surface area (Å²) in [4.78, 5) is 18.1. The van der Waals surface area contributed by atoms with Crippen molar-refractivity contribution in [1.29, 1.82) is 5.41 Å². The first-order chi connectivity index (χ1) is 16.9. The third-order valence-electron chi connectivity index (χ3n) is 5.88. The van der Waals surface area contributed by atoms with E-state index in [1.54, 1.807) is 37.5 Å². The fourth-order valence-electron chi connectivity index (χ4n) is 4.02. The third-order valence-corrected chi connectivity index (χ3v) is 5.88. The van der Waals surface area contributed by atoms with Gasteiger partial charge in [0.1, 0.15) is 11.0 Å². The van der Waals surface area contributed by atoms with Gasteiger partial charge in [-0.05, 0) is 54.2 Å². The number of alkyl halides is 2. The molecule has 178 valence electrons. The maximum absolute atomic E-state index is 13.8. The largest absolute Gasteiger partial charge is 0.472 e. The molecule has 2 N–H and O–H groups in total. The lowest BCUT2D eigenvalue weighted by atomic mass is 10.0. The lowest BCUT2D eigenvalue weighted by Crippen LogP contribution is -2.25. The second kappa shape index (κ2) is 9.25. The van der Waals surface area contributed by atoms with Gasteiger partial charge >= 0.3 is 0 Å². The van der Waals surface area contributed by atoms with Crippen LogP contribution >= 0.6 is 0 Å². The van der Waals surface area contributed by atoms with Gasteiger partial charge in [0, 0.05) is 24.9 Å². The third kappa shape index (κ3) is 4.62. The van der Waals surface area contributed by atoms with E-state index in [4.69, 9.17) is 10.1 Å². The van der Waals surface area contributed by atoms with Crippen LogP contribution in [0.2, 0.25) is 0 Å². The number of fused-ring (bicyclic) bond motifs is 1. The zero-order chi connectivity index (χ0) is 24.5. The Hall–Kier alpha value is -4.14. The van der Waals surface area contributed by atoms with Crippen LogP contribution in [0.4, 0.5) is 8.78 Å². The first-order valence-electron chi connectivity index (χ1n) is 11.3. The Morgan fingerprint density at radius 3 is 2.66 bits per heavy atom. The number of benzene rings is 1. The van der Waals surface area contributed by atoms with Gasteiger partial charge in [0.15, 0.2) is 6.61 Å². The number of rotatable bonds is 7. The van der Waals surface area contributed by atoms with Crippen molar-refractivity contribution in [3.05, 3.63) is 82.3 Å². The summed E-state index contributed by atoms with van der Waals surface area (Å²) >= 11 is 0. The standard InChI is InChI=1S/C26H23F2N5O2/c1-30-13-18-12-19(8-9-20(18)29)33-26(34)24(17-6-4-16(5-7-17)15-2-3-15)25-21(32-33)10-11-23(31-25)35-14-22(27)28/h4-13,15,22,29-30H,2-3,14H2,1H3/b18-13-,29-20?. The Morgan fingerprint density at radius 2 is 1.97 bits per heavy atom. The smallest absolute Gasteiger partial charge is 0.281 e. The van der Waals surface area contributed by atoms with E-state index in [1.165, 1.54) is 16.3 Å². The number of hydrogen-bond donors (Lipinski definition) is 2. The highest BCUT2D eigenvalue weighted by atomic mass is 19.3. The van der Waals surface area contributed by atoms with Gasteiger partial charge in [-0.2, -0.15) is 9.78 Å². The van der Waals surface area contributed by atoms with Gasteiger partial charge in [0.25, 0.3) is 12.0 Å². The molecule has 2 aliphatic rings. The van der Waals surface area contributed by atoms with Crippen molar-refractivity contribution in [2.75, 3.05) is 13.7 Å². The van der Waals surface area contributed by atoms with Crippen LogP contribution in [0.25, 0.3) is 27.9 Å². The molecule has 7 nitrogen and oxygen atoms in total. The Morgan fingerprint density at radius 1 is 1.20 bits per heavy atom. The summed E-state index contributed by atoms with van der Waals surface area (Å²) in [6.07, 6.45) is 6.31. The Bertz CT molecular complexity index is 1450. The molecule has 0 bridgehead atoms. The average Bonchev–Trinajstić information content (AvgIpc) is 3.70. The zero-order valence-electron chi connectivity index (χ0n) is 19.0. The molecule has 1 fully saturated rings. The van der Waals surface area contributed by atoms with E-state index in [9.17, 15) is 13.6 Å². The van der Waals surface area contributed by atoms with Gasteiger partial charge in [0.2, 0.25) is 5.88 Å². The number of allylic oxidation sites excluding steroid dienone is 5. The summed E-state index contributed by atoms with van der Waals surface area (Å²) in [6.45, 7) is -0.793. The number of aromatic nitrogens is 3. The molecule has 0 amide bonds. The molecule has 2 aromatic heterocycles. The highest BCUT2D eigenvalue weighted by molar-refractivity contribution is 6.12. The molecule has 5 rings (SSSR count). The van der Waals surface area contributed by atoms with Gasteiger partial charge < -0.3 is 15.5 Å². The normalized spacial score (nSPS) is 16.7. The Balaban J connectivity index is 1.69. The van der Waals surface area contributed by atoms with Gasteiger partial charge in [-0.3, -0.25) is 4.79 Å². The molecule has 0 spiro atoms. The Labute approximate surface area is 200 Å². The number of pyridine rings is 1. The predicted octanol–water partition coefficient (Wildman–Crippen LogP) is 4.51. The van der Waals surface area contributed by atoms with Gasteiger partial charge in [-0.1, -0.05) is 24.3 Å². The monoisotopic (exact) mass is 475 g/mol. The van der Waals surface area contributed by atoms with Crippen LogP contribution in [-0.4, -0.2) is 40.6 Å². The van der Waals surface area contributed by atoms with E-state index in [0.29, 0.717) is 39.5 Å². The number of nitrogens with one attached hydrogen (secondary N) is 2. The number of nitrogens with zero attached hydrogens (tertiary/aromatic N) is 3. The van der Waals surface area contributed by atoms with Crippen molar-refractivity contribution in [1.82, 2.24) is 20.1 Å². The molecule has 0 radical (unpaired) electrons. The molecular formula is C26H23F2N5O2. The van der Waals surface area contributed by atoms with Gasteiger partial charge in [-0.25, -0.2) is 13.8 Å². The van der Waals surface area contributed by atoms with Crippen molar-refractivity contribution in [2.24, 2.45) is 0 Å². The van der Waals surface area contributed by atoms with E-state index in [1.807, 2.05) is 24.3 Å². The minimum Gasteiger partial charge on any atom is -0.472 e. The van der Waals surface area contributed by atoms with Crippen molar-refractivity contribution < 1.29 is 13.5 Å². The first kappa shape index (κ1) is 22.6. The van der Waals surface area contributed by atoms with Crippen molar-refractivity contribution in [2.45, 2.75) is 25.2 Å². The molecule has 0 aliphatic heterocycles. The van der Waals surface area contributed by atoms with Crippen LogP contribution in [0.3, 0.4) is 0 Å². The van der Waals surface area contributed by atoms with Crippen LogP contribution in [0.1, 0.15) is 24.3 Å². The summed E-state index contributed by atoms with van der Waals surface area (Å²) in [6, 6.07) is 10.8. The number of hydrogen-bond acceptors (Lipinski definition) is 6. The van der Waals surface area contributed by atoms with E-state index in [0.717, 1.165) is 12.8 Å². The molecule has 35 heavy (non-hydrogen) atoms. The van der Waals surface area contributed by atoms with Crippen molar-refractivity contribution in [3.63, 3.8) is 0 Å². The van der Waals surface area contributed by atoms with Crippen LogP contribution < -0.4 is 15.6 Å². The van der Waals surface area contributed by atoms with Gasteiger partial charge in [0.05, 0.1) is 17.0 Å². The first-order valence-corrected chi connectivity index (χ1v) is 11.3. The zero-order valence-corrected chi connectivity index (χ0v) is 19.0. The lowest BCUT2D eigenvalue weighted by molar-refractivity contribution is 0.0798. The van der Waals surface area contributed by atoms with Crippen LogP contribution in [-0.2, 0) is 0 Å². The lowest BCUT2D eigenvalue weighted by Gasteiger charge is -2.15. The summed E-state index contributed by atoms with van der Waals surface area (Å²) in [7, 11) is 1.73. The molecule has 1 aromatic carbocycles. The second-order valence-electron chi connectivity index (χ2n) is 8.41. The number of ether oxygens (including phenoxy) is 1. The van der Waals surface area contributed by atoms with Gasteiger partial charge in [-0.15, -0.1) is 0 Å². The SMILES string of the molecule is CN/C=C1/C=C(n2nc3ccc(OCC(F)F)nc3c(-c3ccc(C4CC4)cc3)c2=O)C=CC1=N. The highest BCUT2D eigenvalue weighted by Crippen LogP contribution is 2.40. The fourth-order valence-corrected chi connectivity index (χ4v) is 4.02. The van der Waals surface area contributed by atoms with Crippen molar-refractivity contribution >= 4 is 22.4 Å². The molecule has 0 unspecified atom stereocenters. The molecular weight excluding hydrogens is 452 g/mol. The summed E-state index contributed by atoms with van der Waals surface area (Å²) in [5, 5.41) is 15.5. The van der Waals surface area contributed by atoms with Crippen molar-refractivity contribution in [3.8, 4) is 17.0 Å². The van der Waals surface area contributed by atoms with E-state index < -0.39 is 18.6 Å². The molecule has 0 atom stereocenters. The molecule has 3 aromatic rings. The maximum Gasteiger partial charge on any atom is 0.281 e. The molecule has 2 heterocycles. The predicted molar refractivity (Wildman–Crippen MR) is 131 cm³/mol. The molecule has 0 saturated heterocycles. The van der Waals surface area contributed by atoms with Crippen LogP contribution in [0.5, 0.6) is 5.88 Å². The molecule has 1 saturated carbocycles. The quantitative estimate of drug-likeness (QED) is 0.524. The summed E-state index contributed by atoms with van der Waals surface area (Å²) in [5.74, 6) is 0.560. The van der Waals surface area contributed by atoms with E-state index in [2.05, 4.69) is 15.4 Å². The molecule has 9 heteroatoms. The average molecular weight is 475 g/mol. The topological polar surface area (TPSA) is 92.9 Å². The van der Waals surface area contributed by atoms with Crippen LogP contribution in [0, 0.1) is 5.41 Å². The van der Waals surface area contributed by atoms with E-state index >= 15 is 0 Å².